The van der Waals surface area contributed by atoms with Crippen molar-refractivity contribution < 1.29 is 23.8 Å². The highest BCUT2D eigenvalue weighted by Crippen LogP contribution is 2.37. The Balaban J connectivity index is 1.37. The lowest BCUT2D eigenvalue weighted by molar-refractivity contribution is -0.129. The van der Waals surface area contributed by atoms with Crippen LogP contribution in [0.4, 0.5) is 4.39 Å². The van der Waals surface area contributed by atoms with Crippen molar-refractivity contribution in [1.29, 1.82) is 0 Å². The third-order valence-corrected chi connectivity index (χ3v) is 7.38. The van der Waals surface area contributed by atoms with Crippen LogP contribution in [-0.2, 0) is 4.79 Å². The average Bonchev–Trinajstić information content (AvgIpc) is 3.64. The Kier molecular flexibility index (Phi) is 7.34. The van der Waals surface area contributed by atoms with Gasteiger partial charge in [-0.25, -0.2) is 14.4 Å². The summed E-state index contributed by atoms with van der Waals surface area (Å²) in [6.07, 6.45) is 2.26. The zero-order valence-electron chi connectivity index (χ0n) is 21.9. The molecule has 2 amide bonds. The molecule has 2 aliphatic rings. The molecule has 2 fully saturated rings. The van der Waals surface area contributed by atoms with Crippen molar-refractivity contribution in [3.05, 3.63) is 41.3 Å². The second kappa shape index (κ2) is 10.7. The lowest BCUT2D eigenvalue weighted by Crippen LogP contribution is -2.51. The number of aromatic nitrogens is 3. The number of benzene rings is 1. The van der Waals surface area contributed by atoms with Crippen LogP contribution in [0.2, 0.25) is 0 Å². The van der Waals surface area contributed by atoms with Gasteiger partial charge in [-0.2, -0.15) is 0 Å². The number of aliphatic hydroxyl groups is 1. The number of halogens is 1. The number of alkyl halides is 1. The van der Waals surface area contributed by atoms with Crippen LogP contribution in [0.5, 0.6) is 5.75 Å². The normalized spacial score (nSPS) is 22.2. The van der Waals surface area contributed by atoms with E-state index in [2.05, 4.69) is 25.6 Å². The van der Waals surface area contributed by atoms with Gasteiger partial charge in [0.25, 0.3) is 5.91 Å². The second-order valence-corrected chi connectivity index (χ2v) is 10.6. The molecular weight excluding hydrogens is 489 g/mol. The molecule has 4 N–H and O–H groups in total. The molecule has 38 heavy (non-hydrogen) atoms. The first-order valence-corrected chi connectivity index (χ1v) is 13.2. The minimum Gasteiger partial charge on any atom is -0.493 e. The van der Waals surface area contributed by atoms with Crippen LogP contribution in [0, 0.1) is 19.8 Å². The maximum Gasteiger partial charge on any atom is 0.255 e. The Bertz CT molecular complexity index is 1350. The molecule has 0 saturated heterocycles. The third kappa shape index (κ3) is 5.50. The van der Waals surface area contributed by atoms with Crippen molar-refractivity contribution in [1.82, 2.24) is 25.6 Å². The lowest BCUT2D eigenvalue weighted by Gasteiger charge is -2.32. The number of H-pyrrole nitrogens is 1. The predicted octanol–water partition coefficient (Wildman–Crippen LogP) is 3.52. The molecule has 10 heteroatoms. The van der Waals surface area contributed by atoms with Gasteiger partial charge < -0.3 is 25.5 Å². The standard InChI is InChI=1S/C28H34FN5O4/c1-14-4-9-22(38-12-17-5-6-17)19(10-14)24-26-25(31-13-30-24)23(15(2)32-26)28(37)34-21-8-7-18(11-20(21)29)33-27(36)16(3)35/h4,9-10,13,16-18,20-21,32,35H,5-8,11-12H2,1-3H3,(H,33,36)(H,34,37)/t16-,18-,20+,21+/m0/s1. The second-order valence-electron chi connectivity index (χ2n) is 10.6. The molecule has 2 heterocycles. The molecule has 2 aliphatic carbocycles. The Morgan fingerprint density at radius 1 is 1.18 bits per heavy atom. The van der Waals surface area contributed by atoms with E-state index in [4.69, 9.17) is 4.74 Å². The summed E-state index contributed by atoms with van der Waals surface area (Å²) < 4.78 is 21.1. The Labute approximate surface area is 220 Å². The third-order valence-electron chi connectivity index (χ3n) is 7.38. The molecule has 0 spiro atoms. The summed E-state index contributed by atoms with van der Waals surface area (Å²) in [6, 6.07) is 4.90. The van der Waals surface area contributed by atoms with E-state index in [0.717, 1.165) is 16.9 Å². The van der Waals surface area contributed by atoms with Crippen molar-refractivity contribution >= 4 is 22.8 Å². The number of hydrogen-bond acceptors (Lipinski definition) is 6. The SMILES string of the molecule is Cc1ccc(OCC2CC2)c(-c2ncnc3c(C(=O)N[C@@H]4CC[C@H](NC(=O)[C@H](C)O)C[C@H]4F)c(C)[nH]c23)c1. The first-order valence-electron chi connectivity index (χ1n) is 13.2. The van der Waals surface area contributed by atoms with Gasteiger partial charge in [0.1, 0.15) is 35.6 Å². The fourth-order valence-corrected chi connectivity index (χ4v) is 5.02. The fourth-order valence-electron chi connectivity index (χ4n) is 5.02. The van der Waals surface area contributed by atoms with Gasteiger partial charge >= 0.3 is 0 Å². The molecule has 3 aromatic rings. The fraction of sp³-hybridized carbons (Fsp3) is 0.500. The monoisotopic (exact) mass is 523 g/mol. The van der Waals surface area contributed by atoms with Crippen LogP contribution in [0.15, 0.2) is 24.5 Å². The van der Waals surface area contributed by atoms with Crippen molar-refractivity contribution in [3.63, 3.8) is 0 Å². The van der Waals surface area contributed by atoms with E-state index in [1.54, 1.807) is 6.92 Å². The molecule has 5 rings (SSSR count). The van der Waals surface area contributed by atoms with Crippen LogP contribution in [0.1, 0.15) is 60.6 Å². The summed E-state index contributed by atoms with van der Waals surface area (Å²) in [4.78, 5) is 37.4. The van der Waals surface area contributed by atoms with Crippen molar-refractivity contribution in [3.8, 4) is 17.0 Å². The summed E-state index contributed by atoms with van der Waals surface area (Å²) in [6.45, 7) is 5.82. The zero-order valence-corrected chi connectivity index (χ0v) is 21.9. The number of nitrogens with one attached hydrogen (secondary N) is 3. The number of aromatic amines is 1. The lowest BCUT2D eigenvalue weighted by atomic mass is 9.89. The first kappa shape index (κ1) is 26.1. The van der Waals surface area contributed by atoms with Gasteiger partial charge in [0.15, 0.2) is 0 Å². The maximum absolute atomic E-state index is 15.0. The number of hydrogen-bond donors (Lipinski definition) is 4. The Morgan fingerprint density at radius 3 is 2.68 bits per heavy atom. The van der Waals surface area contributed by atoms with Crippen LogP contribution in [0.25, 0.3) is 22.3 Å². The number of carbonyl (C=O) groups is 2. The summed E-state index contributed by atoms with van der Waals surface area (Å²) >= 11 is 0. The molecule has 0 aliphatic heterocycles. The van der Waals surface area contributed by atoms with Crippen LogP contribution in [-0.4, -0.2) is 62.8 Å². The number of aliphatic hydroxyl groups excluding tert-OH is 1. The number of carbonyl (C=O) groups excluding carboxylic acids is 2. The number of ether oxygens (including phenoxy) is 1. The summed E-state index contributed by atoms with van der Waals surface area (Å²) in [5, 5.41) is 14.9. The summed E-state index contributed by atoms with van der Waals surface area (Å²) in [7, 11) is 0. The van der Waals surface area contributed by atoms with E-state index in [1.165, 1.54) is 26.1 Å². The topological polar surface area (TPSA) is 129 Å². The van der Waals surface area contributed by atoms with E-state index in [0.29, 0.717) is 53.4 Å². The minimum atomic E-state index is -1.33. The molecule has 202 valence electrons. The minimum absolute atomic E-state index is 0.0690. The quantitative estimate of drug-likeness (QED) is 0.358. The number of rotatable bonds is 8. The van der Waals surface area contributed by atoms with E-state index >= 15 is 0 Å². The molecule has 0 bridgehead atoms. The largest absolute Gasteiger partial charge is 0.493 e. The van der Waals surface area contributed by atoms with Crippen LogP contribution >= 0.6 is 0 Å². The Morgan fingerprint density at radius 2 is 1.97 bits per heavy atom. The van der Waals surface area contributed by atoms with Gasteiger partial charge in [-0.15, -0.1) is 0 Å². The summed E-state index contributed by atoms with van der Waals surface area (Å²) in [5.41, 5.74) is 4.58. The smallest absolute Gasteiger partial charge is 0.255 e. The van der Waals surface area contributed by atoms with Gasteiger partial charge in [-0.3, -0.25) is 9.59 Å². The highest BCUT2D eigenvalue weighted by molar-refractivity contribution is 6.09. The highest BCUT2D eigenvalue weighted by Gasteiger charge is 2.34. The molecule has 0 radical (unpaired) electrons. The number of aryl methyl sites for hydroxylation is 2. The van der Waals surface area contributed by atoms with E-state index in [-0.39, 0.29) is 12.5 Å². The number of nitrogens with zero attached hydrogens (tertiary/aromatic N) is 2. The maximum atomic E-state index is 15.0. The molecular formula is C28H34FN5O4. The molecule has 0 unspecified atom stereocenters. The van der Waals surface area contributed by atoms with Crippen LogP contribution < -0.4 is 15.4 Å². The van der Waals surface area contributed by atoms with E-state index in [9.17, 15) is 19.1 Å². The molecule has 2 aromatic heterocycles. The molecule has 4 atom stereocenters. The van der Waals surface area contributed by atoms with Gasteiger partial charge in [0.2, 0.25) is 5.91 Å². The van der Waals surface area contributed by atoms with Gasteiger partial charge in [0.05, 0.1) is 23.7 Å². The zero-order chi connectivity index (χ0) is 27.0. The molecule has 2 saturated carbocycles. The van der Waals surface area contributed by atoms with Crippen molar-refractivity contribution in [2.45, 2.75) is 77.2 Å². The van der Waals surface area contributed by atoms with Gasteiger partial charge in [-0.05, 0) is 64.5 Å². The first-order chi connectivity index (χ1) is 18.2. The van der Waals surface area contributed by atoms with E-state index < -0.39 is 30.1 Å². The average molecular weight is 524 g/mol. The number of fused-ring (bicyclic) bond motifs is 1. The molecule has 1 aromatic carbocycles. The molecule has 9 nitrogen and oxygen atoms in total. The van der Waals surface area contributed by atoms with Crippen molar-refractivity contribution in [2.75, 3.05) is 6.61 Å². The van der Waals surface area contributed by atoms with Gasteiger partial charge in [0, 0.05) is 23.7 Å². The van der Waals surface area contributed by atoms with Crippen molar-refractivity contribution in [2.24, 2.45) is 5.92 Å². The summed E-state index contributed by atoms with van der Waals surface area (Å²) in [5.74, 6) is 0.401. The number of amides is 2. The predicted molar refractivity (Wildman–Crippen MR) is 141 cm³/mol. The highest BCUT2D eigenvalue weighted by atomic mass is 19.1. The Hall–Kier alpha value is -3.53. The van der Waals surface area contributed by atoms with E-state index in [1.807, 2.05) is 25.1 Å². The van der Waals surface area contributed by atoms with Gasteiger partial charge in [-0.1, -0.05) is 11.6 Å². The van der Waals surface area contributed by atoms with Crippen LogP contribution in [0.3, 0.4) is 0 Å².